The van der Waals surface area contributed by atoms with Crippen LogP contribution in [0.2, 0.25) is 0 Å². The average Bonchev–Trinajstić information content (AvgIpc) is 3.31. The van der Waals surface area contributed by atoms with Crippen LogP contribution in [0.15, 0.2) is 72.9 Å². The number of ether oxygens (including phenoxy) is 1. The van der Waals surface area contributed by atoms with E-state index in [1.807, 2.05) is 31.3 Å². The van der Waals surface area contributed by atoms with Gasteiger partial charge in [0.25, 0.3) is 0 Å². The van der Waals surface area contributed by atoms with Crippen LogP contribution in [0.3, 0.4) is 0 Å². The Labute approximate surface area is 234 Å². The number of hydrogen-bond acceptors (Lipinski definition) is 5. The van der Waals surface area contributed by atoms with Crippen LogP contribution in [-0.4, -0.2) is 56.4 Å². The van der Waals surface area contributed by atoms with E-state index in [4.69, 9.17) is 9.72 Å². The number of aryl methyl sites for hydroxylation is 3. The molecule has 3 aliphatic rings. The Hall–Kier alpha value is -3.87. The van der Waals surface area contributed by atoms with Crippen molar-refractivity contribution in [2.45, 2.75) is 57.2 Å². The summed E-state index contributed by atoms with van der Waals surface area (Å²) in [5.74, 6) is 0. The Balaban J connectivity index is 1.06. The van der Waals surface area contributed by atoms with Crippen LogP contribution in [0, 0.1) is 6.92 Å². The molecule has 0 saturated carbocycles. The van der Waals surface area contributed by atoms with E-state index in [0.29, 0.717) is 18.1 Å². The van der Waals surface area contributed by atoms with Crippen LogP contribution in [0.5, 0.6) is 0 Å². The van der Waals surface area contributed by atoms with Gasteiger partial charge in [0.05, 0.1) is 18.9 Å². The van der Waals surface area contributed by atoms with Gasteiger partial charge in [-0.05, 0) is 73.9 Å². The molecular formula is C34H33N5O. The summed E-state index contributed by atoms with van der Waals surface area (Å²) in [6, 6.07) is 25.9. The van der Waals surface area contributed by atoms with Crippen molar-refractivity contribution in [1.29, 1.82) is 0 Å². The minimum atomic E-state index is 0.651. The molecule has 1 N–H and O–H groups in total. The quantitative estimate of drug-likeness (QED) is 0.275. The molecule has 0 radical (unpaired) electrons. The molecule has 3 atom stereocenters. The molecule has 40 heavy (non-hydrogen) atoms. The Morgan fingerprint density at radius 2 is 1.57 bits per heavy atom. The van der Waals surface area contributed by atoms with E-state index in [2.05, 4.69) is 68.6 Å². The Morgan fingerprint density at radius 3 is 2.38 bits per heavy atom. The molecular weight excluding hydrogens is 494 g/mol. The summed E-state index contributed by atoms with van der Waals surface area (Å²) in [4.78, 5) is 12.2. The standard InChI is InChI=1S/C34H33N5O/c1-21-3-2-4-32(36-21)23-6-8-24(9-7-23)33-31-16-27(18-35-34(31)38-37-33)26-10-5-22-11-13-28(14-12-25(22)15-26)39-29-17-30(39)20-40-19-29/h2-10,15-16,18,28-30H,11-14,17,19-20H2,1H3,(H,35,37,38)/t28-,29?,30?/m0/s1. The van der Waals surface area contributed by atoms with Crippen molar-refractivity contribution in [3.63, 3.8) is 0 Å². The summed E-state index contributed by atoms with van der Waals surface area (Å²) in [6.45, 7) is 3.86. The lowest BCUT2D eigenvalue weighted by Gasteiger charge is -2.56. The number of H-pyrrole nitrogens is 1. The maximum absolute atomic E-state index is 5.74. The molecule has 3 aromatic heterocycles. The zero-order chi connectivity index (χ0) is 26.6. The molecule has 5 aromatic rings. The third-order valence-electron chi connectivity index (χ3n) is 9.22. The number of nitrogens with one attached hydrogen (secondary N) is 1. The molecule has 2 bridgehead atoms. The summed E-state index contributed by atoms with van der Waals surface area (Å²) in [5, 5.41) is 8.82. The van der Waals surface area contributed by atoms with Crippen molar-refractivity contribution in [2.75, 3.05) is 13.2 Å². The molecule has 6 nitrogen and oxygen atoms in total. The Bertz CT molecular complexity index is 1690. The van der Waals surface area contributed by atoms with E-state index in [1.54, 1.807) is 0 Å². The predicted octanol–water partition coefficient (Wildman–Crippen LogP) is 6.38. The first kappa shape index (κ1) is 24.0. The van der Waals surface area contributed by atoms with Gasteiger partial charge in [-0.1, -0.05) is 48.5 Å². The summed E-state index contributed by atoms with van der Waals surface area (Å²) in [7, 11) is 0. The van der Waals surface area contributed by atoms with Gasteiger partial charge in [0.15, 0.2) is 5.65 Å². The fourth-order valence-electron chi connectivity index (χ4n) is 7.12. The van der Waals surface area contributed by atoms with Crippen molar-refractivity contribution in [1.82, 2.24) is 25.1 Å². The van der Waals surface area contributed by atoms with E-state index >= 15 is 0 Å². The van der Waals surface area contributed by atoms with Crippen LogP contribution in [-0.2, 0) is 17.6 Å². The van der Waals surface area contributed by atoms with Crippen LogP contribution in [0.1, 0.15) is 36.1 Å². The number of rotatable bonds is 4. The first-order chi connectivity index (χ1) is 19.7. The number of hydrogen-bond donors (Lipinski definition) is 1. The normalized spacial score (nSPS) is 22.5. The van der Waals surface area contributed by atoms with E-state index < -0.39 is 0 Å². The van der Waals surface area contributed by atoms with Crippen LogP contribution in [0.4, 0.5) is 0 Å². The van der Waals surface area contributed by atoms with Gasteiger partial charge in [0, 0.05) is 52.1 Å². The second-order valence-corrected chi connectivity index (χ2v) is 11.7. The van der Waals surface area contributed by atoms with E-state index in [0.717, 1.165) is 70.9 Å². The first-order valence-corrected chi connectivity index (χ1v) is 14.6. The number of benzene rings is 2. The number of aromatic nitrogens is 4. The van der Waals surface area contributed by atoms with E-state index in [-0.39, 0.29) is 0 Å². The SMILES string of the molecule is Cc1cccc(-c2ccc(-c3n[nH]c4ncc(-c5ccc6c(c5)CC[C@@H](N5C7COCC5C7)CC6)cc34)cc2)n1. The lowest BCUT2D eigenvalue weighted by Crippen LogP contribution is -2.66. The highest BCUT2D eigenvalue weighted by atomic mass is 16.5. The Morgan fingerprint density at radius 1 is 0.800 bits per heavy atom. The van der Waals surface area contributed by atoms with Crippen LogP contribution in [0.25, 0.3) is 44.7 Å². The Kier molecular flexibility index (Phi) is 5.78. The van der Waals surface area contributed by atoms with Gasteiger partial charge in [0.2, 0.25) is 0 Å². The van der Waals surface area contributed by atoms with Gasteiger partial charge in [0.1, 0.15) is 5.69 Å². The largest absolute Gasteiger partial charge is 0.378 e. The van der Waals surface area contributed by atoms with Crippen molar-refractivity contribution in [3.8, 4) is 33.6 Å². The first-order valence-electron chi connectivity index (χ1n) is 14.6. The monoisotopic (exact) mass is 527 g/mol. The summed E-state index contributed by atoms with van der Waals surface area (Å²) >= 11 is 0. The van der Waals surface area contributed by atoms with E-state index in [1.165, 1.54) is 36.0 Å². The van der Waals surface area contributed by atoms with Gasteiger partial charge in [-0.3, -0.25) is 15.0 Å². The third-order valence-corrected chi connectivity index (χ3v) is 9.22. The maximum Gasteiger partial charge on any atom is 0.155 e. The minimum absolute atomic E-state index is 0.651. The summed E-state index contributed by atoms with van der Waals surface area (Å²) in [5.41, 5.74) is 11.3. The molecule has 8 rings (SSSR count). The lowest BCUT2D eigenvalue weighted by atomic mass is 9.87. The molecule has 6 heteroatoms. The second kappa shape index (κ2) is 9.65. The second-order valence-electron chi connectivity index (χ2n) is 11.7. The smallest absolute Gasteiger partial charge is 0.155 e. The molecule has 5 heterocycles. The molecule has 1 aliphatic carbocycles. The third kappa shape index (κ3) is 4.14. The van der Waals surface area contributed by atoms with Crippen LogP contribution < -0.4 is 0 Å². The van der Waals surface area contributed by atoms with Crippen LogP contribution >= 0.6 is 0 Å². The lowest BCUT2D eigenvalue weighted by molar-refractivity contribution is -0.148. The van der Waals surface area contributed by atoms with Crippen molar-refractivity contribution >= 4 is 11.0 Å². The molecule has 2 aliphatic heterocycles. The highest BCUT2D eigenvalue weighted by Gasteiger charge is 2.45. The molecule has 2 fully saturated rings. The van der Waals surface area contributed by atoms with Crippen molar-refractivity contribution < 1.29 is 4.74 Å². The average molecular weight is 528 g/mol. The highest BCUT2D eigenvalue weighted by molar-refractivity contribution is 5.93. The number of aromatic amines is 1. The van der Waals surface area contributed by atoms with Gasteiger partial charge in [-0.25, -0.2) is 4.98 Å². The van der Waals surface area contributed by atoms with Crippen molar-refractivity contribution in [3.05, 3.63) is 89.7 Å². The maximum atomic E-state index is 5.74. The number of morpholine rings is 1. The number of fused-ring (bicyclic) bond motifs is 4. The summed E-state index contributed by atoms with van der Waals surface area (Å²) < 4.78 is 5.74. The zero-order valence-corrected chi connectivity index (χ0v) is 22.8. The number of nitrogens with zero attached hydrogens (tertiary/aromatic N) is 4. The fourth-order valence-corrected chi connectivity index (χ4v) is 7.12. The minimum Gasteiger partial charge on any atom is -0.378 e. The molecule has 0 spiro atoms. The zero-order valence-electron chi connectivity index (χ0n) is 22.8. The summed E-state index contributed by atoms with van der Waals surface area (Å²) in [6.07, 6.45) is 8.09. The number of pyridine rings is 2. The molecule has 2 aromatic carbocycles. The molecule has 0 amide bonds. The predicted molar refractivity (Wildman–Crippen MR) is 158 cm³/mol. The molecule has 2 unspecified atom stereocenters. The van der Waals surface area contributed by atoms with Gasteiger partial charge >= 0.3 is 0 Å². The fraction of sp³-hybridized carbons (Fsp3) is 0.324. The van der Waals surface area contributed by atoms with Gasteiger partial charge < -0.3 is 4.74 Å². The molecule has 200 valence electrons. The topological polar surface area (TPSA) is 66.9 Å². The highest BCUT2D eigenvalue weighted by Crippen LogP contribution is 2.38. The molecule has 2 saturated heterocycles. The van der Waals surface area contributed by atoms with Crippen molar-refractivity contribution in [2.24, 2.45) is 0 Å². The van der Waals surface area contributed by atoms with Gasteiger partial charge in [-0.15, -0.1) is 0 Å². The van der Waals surface area contributed by atoms with E-state index in [9.17, 15) is 0 Å². The van der Waals surface area contributed by atoms with Gasteiger partial charge in [-0.2, -0.15) is 5.10 Å².